The van der Waals surface area contributed by atoms with E-state index in [9.17, 15) is 4.79 Å². The van der Waals surface area contributed by atoms with Gasteiger partial charge >= 0.3 is 0 Å². The Bertz CT molecular complexity index is 892. The summed E-state index contributed by atoms with van der Waals surface area (Å²) in [7, 11) is 3.29. The molecule has 0 radical (unpaired) electrons. The molecule has 1 fully saturated rings. The number of piperidine rings is 1. The Labute approximate surface area is 204 Å². The first-order valence-electron chi connectivity index (χ1n) is 12.9. The maximum Gasteiger partial charge on any atom is 0.247 e. The van der Waals surface area contributed by atoms with Crippen molar-refractivity contribution in [1.82, 2.24) is 9.91 Å². The molecule has 2 N–H and O–H groups in total. The Morgan fingerprint density at radius 1 is 0.971 bits per heavy atom. The zero-order valence-electron chi connectivity index (χ0n) is 20.7. The zero-order valence-corrected chi connectivity index (χ0v) is 20.7. The van der Waals surface area contributed by atoms with Crippen LogP contribution in [0.4, 0.5) is 0 Å². The molecular formula is C27H40N4O3. The Morgan fingerprint density at radius 3 is 2.38 bits per heavy atom. The van der Waals surface area contributed by atoms with Gasteiger partial charge in [-0.3, -0.25) is 4.79 Å². The lowest BCUT2D eigenvalue weighted by molar-refractivity contribution is -0.141. The van der Waals surface area contributed by atoms with Crippen LogP contribution in [-0.2, 0) is 4.79 Å². The standard InChI is InChI=1S/C27H40N4O3/c1-33-24-12-11-20(19-25(24)34-2)26-22-9-5-6-10-23(22)27(32)31(29-26)21-13-17-30(18-14-21)16-8-4-3-7-15-28/h5-6,11-12,19,21-23H,3-4,7-10,13-18,28H2,1-2H3/t22-,23+/m0/s1. The van der Waals surface area contributed by atoms with Gasteiger partial charge in [-0.2, -0.15) is 5.10 Å². The summed E-state index contributed by atoms with van der Waals surface area (Å²) in [6.45, 7) is 3.99. The number of hydrogen-bond acceptors (Lipinski definition) is 6. The molecule has 1 aromatic carbocycles. The molecule has 0 unspecified atom stereocenters. The van der Waals surface area contributed by atoms with Crippen molar-refractivity contribution in [2.45, 2.75) is 57.4 Å². The first-order chi connectivity index (χ1) is 16.7. The highest BCUT2D eigenvalue weighted by molar-refractivity contribution is 6.07. The predicted octanol–water partition coefficient (Wildman–Crippen LogP) is 3.82. The number of benzene rings is 1. The van der Waals surface area contributed by atoms with E-state index in [2.05, 4.69) is 17.1 Å². The number of rotatable bonds is 10. The fourth-order valence-electron chi connectivity index (χ4n) is 5.55. The van der Waals surface area contributed by atoms with Crippen LogP contribution >= 0.6 is 0 Å². The van der Waals surface area contributed by atoms with Crippen molar-refractivity contribution in [3.63, 3.8) is 0 Å². The van der Waals surface area contributed by atoms with E-state index in [1.165, 1.54) is 19.3 Å². The molecule has 4 rings (SSSR count). The summed E-state index contributed by atoms with van der Waals surface area (Å²) in [6, 6.07) is 6.13. The molecule has 1 aliphatic carbocycles. The Balaban J connectivity index is 1.49. The van der Waals surface area contributed by atoms with Crippen LogP contribution < -0.4 is 15.2 Å². The molecule has 0 spiro atoms. The average Bonchev–Trinajstić information content (AvgIpc) is 2.89. The summed E-state index contributed by atoms with van der Waals surface area (Å²) < 4.78 is 11.0. The molecule has 2 heterocycles. The lowest BCUT2D eigenvalue weighted by atomic mass is 9.76. The van der Waals surface area contributed by atoms with Crippen LogP contribution in [0.2, 0.25) is 0 Å². The third-order valence-corrected chi connectivity index (χ3v) is 7.55. The summed E-state index contributed by atoms with van der Waals surface area (Å²) in [5.74, 6) is 1.66. The van der Waals surface area contributed by atoms with Gasteiger partial charge in [0.05, 0.1) is 31.9 Å². The third-order valence-electron chi connectivity index (χ3n) is 7.55. The fraction of sp³-hybridized carbons (Fsp3) is 0.630. The number of hydrogen-bond donors (Lipinski definition) is 1. The van der Waals surface area contributed by atoms with Gasteiger partial charge in [0.25, 0.3) is 0 Å². The van der Waals surface area contributed by atoms with Crippen molar-refractivity contribution in [3.05, 3.63) is 35.9 Å². The number of hydrazone groups is 1. The van der Waals surface area contributed by atoms with Crippen LogP contribution in [0.3, 0.4) is 0 Å². The Kier molecular flexibility index (Phi) is 8.62. The van der Waals surface area contributed by atoms with Gasteiger partial charge in [-0.05, 0) is 69.8 Å². The van der Waals surface area contributed by atoms with Crippen LogP contribution in [-0.4, -0.2) is 68.0 Å². The third kappa shape index (κ3) is 5.47. The second kappa shape index (κ2) is 11.8. The SMILES string of the molecule is COc1ccc(C2=NN(C3CCN(CCCCCCN)CC3)C(=O)[C@@H]3CC=CC[C@H]23)cc1OC. The van der Waals surface area contributed by atoms with Gasteiger partial charge in [0.15, 0.2) is 11.5 Å². The largest absolute Gasteiger partial charge is 0.493 e. The number of nitrogens with two attached hydrogens (primary N) is 1. The maximum absolute atomic E-state index is 13.5. The van der Waals surface area contributed by atoms with Crippen LogP contribution in [0.1, 0.15) is 56.9 Å². The molecule has 1 amide bonds. The summed E-state index contributed by atoms with van der Waals surface area (Å²) >= 11 is 0. The van der Waals surface area contributed by atoms with Crippen molar-refractivity contribution >= 4 is 11.6 Å². The van der Waals surface area contributed by atoms with Gasteiger partial charge in [0.2, 0.25) is 5.91 Å². The highest BCUT2D eigenvalue weighted by Crippen LogP contribution is 2.38. The number of carbonyl (C=O) groups is 1. The Hall–Kier alpha value is -2.38. The number of methoxy groups -OCH3 is 2. The normalized spacial score (nSPS) is 23.6. The molecule has 2 atom stereocenters. The topological polar surface area (TPSA) is 80.4 Å². The number of carbonyl (C=O) groups excluding carboxylic acids is 1. The predicted molar refractivity (Wildman–Crippen MR) is 135 cm³/mol. The maximum atomic E-state index is 13.5. The van der Waals surface area contributed by atoms with Gasteiger partial charge in [0.1, 0.15) is 0 Å². The van der Waals surface area contributed by atoms with Gasteiger partial charge in [-0.25, -0.2) is 5.01 Å². The molecule has 7 nitrogen and oxygen atoms in total. The molecule has 0 bridgehead atoms. The lowest BCUT2D eigenvalue weighted by Crippen LogP contribution is -2.52. The number of ether oxygens (including phenoxy) is 2. The van der Waals surface area contributed by atoms with E-state index >= 15 is 0 Å². The molecule has 2 aliphatic heterocycles. The van der Waals surface area contributed by atoms with Crippen LogP contribution in [0.5, 0.6) is 11.5 Å². The molecule has 0 saturated carbocycles. The van der Waals surface area contributed by atoms with Crippen molar-refractivity contribution in [3.8, 4) is 11.5 Å². The van der Waals surface area contributed by atoms with E-state index in [-0.39, 0.29) is 23.8 Å². The van der Waals surface area contributed by atoms with E-state index in [4.69, 9.17) is 20.3 Å². The van der Waals surface area contributed by atoms with Gasteiger partial charge in [-0.1, -0.05) is 25.0 Å². The number of unbranched alkanes of at least 4 members (excludes halogenated alkanes) is 3. The van der Waals surface area contributed by atoms with Crippen LogP contribution in [0, 0.1) is 11.8 Å². The first-order valence-corrected chi connectivity index (χ1v) is 12.9. The first kappa shape index (κ1) is 24.7. The van der Waals surface area contributed by atoms with E-state index in [0.29, 0.717) is 11.5 Å². The summed E-state index contributed by atoms with van der Waals surface area (Å²) in [5.41, 5.74) is 7.60. The van der Waals surface area contributed by atoms with Crippen molar-refractivity contribution in [2.24, 2.45) is 22.7 Å². The highest BCUT2D eigenvalue weighted by atomic mass is 16.5. The second-order valence-corrected chi connectivity index (χ2v) is 9.67. The molecule has 7 heteroatoms. The molecule has 0 aromatic heterocycles. The quantitative estimate of drug-likeness (QED) is 0.417. The van der Waals surface area contributed by atoms with E-state index in [1.807, 2.05) is 23.2 Å². The zero-order chi connectivity index (χ0) is 23.9. The minimum Gasteiger partial charge on any atom is -0.493 e. The van der Waals surface area contributed by atoms with Crippen molar-refractivity contribution in [2.75, 3.05) is 40.4 Å². The summed E-state index contributed by atoms with van der Waals surface area (Å²) in [5, 5.41) is 6.87. The molecule has 186 valence electrons. The second-order valence-electron chi connectivity index (χ2n) is 9.67. The van der Waals surface area contributed by atoms with Gasteiger partial charge in [0, 0.05) is 24.6 Å². The number of nitrogens with zero attached hydrogens (tertiary/aromatic N) is 3. The monoisotopic (exact) mass is 468 g/mol. The van der Waals surface area contributed by atoms with Crippen LogP contribution in [0.15, 0.2) is 35.5 Å². The molecule has 3 aliphatic rings. The van der Waals surface area contributed by atoms with Crippen molar-refractivity contribution in [1.29, 1.82) is 0 Å². The smallest absolute Gasteiger partial charge is 0.247 e. The molecule has 1 saturated heterocycles. The molecule has 34 heavy (non-hydrogen) atoms. The van der Waals surface area contributed by atoms with Gasteiger partial charge in [-0.15, -0.1) is 0 Å². The number of amides is 1. The van der Waals surface area contributed by atoms with Gasteiger partial charge < -0.3 is 20.1 Å². The lowest BCUT2D eigenvalue weighted by Gasteiger charge is -2.42. The average molecular weight is 469 g/mol. The highest BCUT2D eigenvalue weighted by Gasteiger charge is 2.42. The Morgan fingerprint density at radius 2 is 1.68 bits per heavy atom. The fourth-order valence-corrected chi connectivity index (χ4v) is 5.55. The molecular weight excluding hydrogens is 428 g/mol. The van der Waals surface area contributed by atoms with E-state index in [1.54, 1.807) is 14.2 Å². The minimum absolute atomic E-state index is 0.0360. The van der Waals surface area contributed by atoms with E-state index < -0.39 is 0 Å². The van der Waals surface area contributed by atoms with Crippen molar-refractivity contribution < 1.29 is 14.3 Å². The minimum atomic E-state index is -0.0360. The summed E-state index contributed by atoms with van der Waals surface area (Å²) in [6.07, 6.45) is 12.7. The number of fused-ring (bicyclic) bond motifs is 1. The number of allylic oxidation sites excluding steroid dienone is 2. The van der Waals surface area contributed by atoms with E-state index in [0.717, 1.165) is 69.6 Å². The summed E-state index contributed by atoms with van der Waals surface area (Å²) in [4.78, 5) is 16.1. The number of likely N-dealkylation sites (tertiary alicyclic amines) is 1. The van der Waals surface area contributed by atoms with Crippen LogP contribution in [0.25, 0.3) is 0 Å². The molecule has 1 aromatic rings.